The molecular weight excluding hydrogens is 344 g/mol. The number of alkyl halides is 2. The average Bonchev–Trinajstić information content (AvgIpc) is 2.43. The van der Waals surface area contributed by atoms with Gasteiger partial charge in [0.2, 0.25) is 0 Å². The van der Waals surface area contributed by atoms with Gasteiger partial charge in [0, 0.05) is 5.56 Å². The first kappa shape index (κ1) is 16.5. The first-order valence-corrected chi connectivity index (χ1v) is 6.54. The predicted molar refractivity (Wildman–Crippen MR) is 77.2 cm³/mol. The van der Waals surface area contributed by atoms with Gasteiger partial charge < -0.3 is 15.2 Å². The molecule has 1 heterocycles. The Morgan fingerprint density at radius 1 is 1.23 bits per heavy atom. The lowest BCUT2D eigenvalue weighted by atomic mass is 10.1. The zero-order chi connectivity index (χ0) is 16.4. The summed E-state index contributed by atoms with van der Waals surface area (Å²) >= 11 is 11.6. The van der Waals surface area contributed by atoms with Crippen molar-refractivity contribution in [1.29, 1.82) is 0 Å². The molecule has 0 saturated carbocycles. The Morgan fingerprint density at radius 3 is 2.45 bits per heavy atom. The third-order valence-electron chi connectivity index (χ3n) is 2.70. The van der Waals surface area contributed by atoms with Crippen molar-refractivity contribution in [2.45, 2.75) is 6.61 Å². The Hall–Kier alpha value is -1.86. The van der Waals surface area contributed by atoms with Crippen LogP contribution in [0, 0.1) is 5.82 Å². The van der Waals surface area contributed by atoms with E-state index in [0.717, 1.165) is 6.07 Å². The monoisotopic (exact) mass is 352 g/mol. The van der Waals surface area contributed by atoms with E-state index in [1.165, 1.54) is 19.2 Å². The molecule has 1 aromatic carbocycles. The summed E-state index contributed by atoms with van der Waals surface area (Å²) in [5, 5.41) is -0.343. The molecule has 0 radical (unpaired) electrons. The number of hydrogen-bond acceptors (Lipinski definition) is 4. The summed E-state index contributed by atoms with van der Waals surface area (Å²) in [7, 11) is 1.25. The van der Waals surface area contributed by atoms with Gasteiger partial charge in [0.1, 0.15) is 0 Å². The standard InChI is InChI=1S/C13H9Cl2F3N2O2/c1-21-10-6(14)3-2-5(9(10)16)8-4-7(19)11(12(15)20-8)22-13(17)18/h2-4,13H,1H3,(H2,19,20). The number of nitrogens with zero attached hydrogens (tertiary/aromatic N) is 1. The van der Waals surface area contributed by atoms with Gasteiger partial charge in [-0.25, -0.2) is 9.37 Å². The second-order valence-corrected chi connectivity index (χ2v) is 4.80. The Kier molecular flexibility index (Phi) is 4.87. The van der Waals surface area contributed by atoms with Gasteiger partial charge in [-0.15, -0.1) is 0 Å². The molecule has 4 nitrogen and oxygen atoms in total. The molecule has 0 unspecified atom stereocenters. The molecule has 0 spiro atoms. The van der Waals surface area contributed by atoms with Crippen LogP contribution < -0.4 is 15.2 Å². The maximum atomic E-state index is 14.3. The normalized spacial score (nSPS) is 10.9. The van der Waals surface area contributed by atoms with E-state index in [0.29, 0.717) is 0 Å². The lowest BCUT2D eigenvalue weighted by molar-refractivity contribution is -0.0494. The van der Waals surface area contributed by atoms with Gasteiger partial charge in [0.15, 0.2) is 22.5 Å². The van der Waals surface area contributed by atoms with Crippen molar-refractivity contribution in [1.82, 2.24) is 4.98 Å². The molecule has 9 heteroatoms. The third-order valence-corrected chi connectivity index (χ3v) is 3.25. The Bertz CT molecular complexity index is 691. The lowest BCUT2D eigenvalue weighted by Crippen LogP contribution is -2.06. The van der Waals surface area contributed by atoms with E-state index in [2.05, 4.69) is 9.72 Å². The number of aromatic nitrogens is 1. The van der Waals surface area contributed by atoms with Crippen molar-refractivity contribution in [3.8, 4) is 22.8 Å². The Labute approximate surface area is 133 Å². The van der Waals surface area contributed by atoms with Crippen LogP contribution in [0.2, 0.25) is 10.2 Å². The molecule has 0 atom stereocenters. The van der Waals surface area contributed by atoms with Crippen LogP contribution in [0.4, 0.5) is 18.9 Å². The Balaban J connectivity index is 2.55. The molecule has 0 aliphatic rings. The minimum Gasteiger partial charge on any atom is -0.492 e. The predicted octanol–water partition coefficient (Wildman–Crippen LogP) is 4.39. The van der Waals surface area contributed by atoms with Crippen LogP contribution in [-0.2, 0) is 0 Å². The molecule has 2 N–H and O–H groups in total. The average molecular weight is 353 g/mol. The maximum absolute atomic E-state index is 14.3. The van der Waals surface area contributed by atoms with Gasteiger partial charge in [-0.3, -0.25) is 0 Å². The first-order valence-electron chi connectivity index (χ1n) is 5.78. The number of pyridine rings is 1. The van der Waals surface area contributed by atoms with E-state index in [9.17, 15) is 13.2 Å². The van der Waals surface area contributed by atoms with Crippen LogP contribution >= 0.6 is 23.2 Å². The quantitative estimate of drug-likeness (QED) is 0.829. The molecule has 0 amide bonds. The highest BCUT2D eigenvalue weighted by molar-refractivity contribution is 6.32. The van der Waals surface area contributed by atoms with Crippen molar-refractivity contribution >= 4 is 28.9 Å². The highest BCUT2D eigenvalue weighted by Crippen LogP contribution is 2.38. The molecule has 0 fully saturated rings. The summed E-state index contributed by atoms with van der Waals surface area (Å²) in [5.74, 6) is -1.43. The van der Waals surface area contributed by atoms with E-state index in [1.54, 1.807) is 0 Å². The number of nitrogens with two attached hydrogens (primary N) is 1. The van der Waals surface area contributed by atoms with E-state index < -0.39 is 23.3 Å². The molecule has 0 aliphatic carbocycles. The molecular formula is C13H9Cl2F3N2O2. The molecule has 0 aliphatic heterocycles. The zero-order valence-corrected chi connectivity index (χ0v) is 12.6. The number of benzene rings is 1. The SMILES string of the molecule is COc1c(Cl)ccc(-c2cc(N)c(OC(F)F)c(Cl)n2)c1F. The molecule has 22 heavy (non-hydrogen) atoms. The lowest BCUT2D eigenvalue weighted by Gasteiger charge is -2.13. The first-order chi connectivity index (χ1) is 10.3. The van der Waals surface area contributed by atoms with Crippen molar-refractivity contribution < 1.29 is 22.6 Å². The number of hydrogen-bond donors (Lipinski definition) is 1. The van der Waals surface area contributed by atoms with Crippen LogP contribution in [0.1, 0.15) is 0 Å². The maximum Gasteiger partial charge on any atom is 0.387 e. The second kappa shape index (κ2) is 6.50. The fourth-order valence-electron chi connectivity index (χ4n) is 1.78. The summed E-state index contributed by atoms with van der Waals surface area (Å²) < 4.78 is 47.8. The zero-order valence-electron chi connectivity index (χ0n) is 11.0. The number of nitrogen functional groups attached to an aromatic ring is 1. The number of halogens is 5. The van der Waals surface area contributed by atoms with Crippen molar-refractivity contribution in [2.75, 3.05) is 12.8 Å². The fourth-order valence-corrected chi connectivity index (χ4v) is 2.25. The molecule has 118 valence electrons. The highest BCUT2D eigenvalue weighted by Gasteiger charge is 2.20. The smallest absolute Gasteiger partial charge is 0.387 e. The third kappa shape index (κ3) is 3.15. The fraction of sp³-hybridized carbons (Fsp3) is 0.154. The topological polar surface area (TPSA) is 57.4 Å². The van der Waals surface area contributed by atoms with Crippen molar-refractivity contribution in [3.63, 3.8) is 0 Å². The van der Waals surface area contributed by atoms with Crippen molar-refractivity contribution in [2.24, 2.45) is 0 Å². The van der Waals surface area contributed by atoms with Gasteiger partial charge in [0.25, 0.3) is 0 Å². The van der Waals surface area contributed by atoms with Crippen LogP contribution in [0.5, 0.6) is 11.5 Å². The minimum absolute atomic E-state index is 0.00144. The molecule has 0 saturated heterocycles. The molecule has 0 bridgehead atoms. The summed E-state index contributed by atoms with van der Waals surface area (Å²) in [6.45, 7) is -3.11. The summed E-state index contributed by atoms with van der Waals surface area (Å²) in [6, 6.07) is 3.90. The van der Waals surface area contributed by atoms with Crippen LogP contribution in [-0.4, -0.2) is 18.7 Å². The van der Waals surface area contributed by atoms with E-state index >= 15 is 0 Å². The summed E-state index contributed by atoms with van der Waals surface area (Å²) in [5.41, 5.74) is 5.41. The van der Waals surface area contributed by atoms with Gasteiger partial charge in [0.05, 0.1) is 23.5 Å². The number of anilines is 1. The molecule has 1 aromatic heterocycles. The summed E-state index contributed by atoms with van der Waals surface area (Å²) in [4.78, 5) is 3.81. The highest BCUT2D eigenvalue weighted by atomic mass is 35.5. The molecule has 2 aromatic rings. The van der Waals surface area contributed by atoms with Crippen LogP contribution in [0.25, 0.3) is 11.3 Å². The van der Waals surface area contributed by atoms with E-state index in [-0.39, 0.29) is 27.7 Å². The van der Waals surface area contributed by atoms with E-state index in [4.69, 9.17) is 33.7 Å². The number of ether oxygens (including phenoxy) is 2. The van der Waals surface area contributed by atoms with Crippen LogP contribution in [0.15, 0.2) is 18.2 Å². The largest absolute Gasteiger partial charge is 0.492 e. The van der Waals surface area contributed by atoms with Crippen molar-refractivity contribution in [3.05, 3.63) is 34.2 Å². The number of methoxy groups -OCH3 is 1. The molecule has 2 rings (SSSR count). The van der Waals surface area contributed by atoms with Gasteiger partial charge in [-0.05, 0) is 18.2 Å². The van der Waals surface area contributed by atoms with Gasteiger partial charge in [-0.2, -0.15) is 8.78 Å². The minimum atomic E-state index is -3.11. The van der Waals surface area contributed by atoms with Gasteiger partial charge >= 0.3 is 6.61 Å². The van der Waals surface area contributed by atoms with Crippen LogP contribution in [0.3, 0.4) is 0 Å². The van der Waals surface area contributed by atoms with Gasteiger partial charge in [-0.1, -0.05) is 23.2 Å². The second-order valence-electron chi connectivity index (χ2n) is 4.04. The summed E-state index contributed by atoms with van der Waals surface area (Å²) in [6.07, 6.45) is 0. The van der Waals surface area contributed by atoms with E-state index in [1.807, 2.05) is 0 Å². The Morgan fingerprint density at radius 2 is 1.91 bits per heavy atom. The number of rotatable bonds is 4.